The van der Waals surface area contributed by atoms with Gasteiger partial charge in [0.25, 0.3) is 0 Å². The van der Waals surface area contributed by atoms with Gasteiger partial charge in [0.05, 0.1) is 0 Å². The van der Waals surface area contributed by atoms with Crippen LogP contribution in [0, 0.1) is 0 Å². The molecule has 0 bridgehead atoms. The monoisotopic (exact) mass is 239 g/mol. The smallest absolute Gasteiger partial charge is 0.137 e. The number of Topliss-reactive ketones (excluding diaryl/α,β-unsaturated/α-hetero) is 1. The van der Waals surface area contributed by atoms with Gasteiger partial charge >= 0.3 is 0 Å². The van der Waals surface area contributed by atoms with E-state index < -0.39 is 0 Å². The second-order valence-electron chi connectivity index (χ2n) is 4.91. The van der Waals surface area contributed by atoms with Crippen molar-refractivity contribution in [1.82, 2.24) is 0 Å². The highest BCUT2D eigenvalue weighted by Gasteiger charge is 2.23. The van der Waals surface area contributed by atoms with E-state index in [0.717, 1.165) is 5.56 Å². The summed E-state index contributed by atoms with van der Waals surface area (Å²) < 4.78 is 0. The minimum absolute atomic E-state index is 0.140. The van der Waals surface area contributed by atoms with Crippen molar-refractivity contribution in [3.8, 4) is 0 Å². The second kappa shape index (κ2) is 4.98. The Hall–Kier alpha value is -0.860. The molecule has 1 aromatic rings. The lowest BCUT2D eigenvalue weighted by Gasteiger charge is -2.24. The molecule has 0 radical (unpaired) electrons. The van der Waals surface area contributed by atoms with E-state index in [1.54, 1.807) is 19.1 Å². The quantitative estimate of drug-likeness (QED) is 0.877. The van der Waals surface area contributed by atoms with Crippen molar-refractivity contribution >= 4 is 17.4 Å². The van der Waals surface area contributed by atoms with Crippen molar-refractivity contribution in [2.24, 2.45) is 5.73 Å². The van der Waals surface area contributed by atoms with Crippen LogP contribution in [-0.2, 0) is 4.79 Å². The summed E-state index contributed by atoms with van der Waals surface area (Å²) in [5.74, 6) is -0.00175. The normalized spacial score (nSPS) is 13.6. The molecule has 0 aliphatic carbocycles. The van der Waals surface area contributed by atoms with E-state index in [2.05, 4.69) is 0 Å². The largest absolute Gasteiger partial charge is 0.326 e. The van der Waals surface area contributed by atoms with Crippen molar-refractivity contribution in [2.75, 3.05) is 0 Å². The van der Waals surface area contributed by atoms with Gasteiger partial charge in [-0.3, -0.25) is 4.79 Å². The van der Waals surface area contributed by atoms with Gasteiger partial charge in [0.15, 0.2) is 0 Å². The van der Waals surface area contributed by atoms with Crippen molar-refractivity contribution in [3.05, 3.63) is 34.9 Å². The van der Waals surface area contributed by atoms with Gasteiger partial charge in [0.1, 0.15) is 5.78 Å². The van der Waals surface area contributed by atoms with Gasteiger partial charge in [-0.1, -0.05) is 23.7 Å². The predicted octanol–water partition coefficient (Wildman–Crippen LogP) is 3.14. The highest BCUT2D eigenvalue weighted by molar-refractivity contribution is 6.30. The number of hydrogen-bond acceptors (Lipinski definition) is 2. The molecule has 0 spiro atoms. The maximum atomic E-state index is 11.6. The molecule has 1 aromatic carbocycles. The summed E-state index contributed by atoms with van der Waals surface area (Å²) in [5, 5.41) is 0.679. The zero-order chi connectivity index (χ0) is 12.3. The molecule has 0 aliphatic rings. The molecular formula is C13H18ClNO. The molecule has 2 N–H and O–H groups in total. The fraction of sp³-hybridized carbons (Fsp3) is 0.462. The van der Waals surface area contributed by atoms with E-state index in [1.807, 2.05) is 26.0 Å². The van der Waals surface area contributed by atoms with Crippen molar-refractivity contribution in [3.63, 3.8) is 0 Å². The third kappa shape index (κ3) is 3.95. The van der Waals surface area contributed by atoms with Crippen LogP contribution in [0.2, 0.25) is 5.02 Å². The van der Waals surface area contributed by atoms with Crippen LogP contribution in [0.25, 0.3) is 0 Å². The van der Waals surface area contributed by atoms with Gasteiger partial charge in [-0.15, -0.1) is 0 Å². The zero-order valence-corrected chi connectivity index (χ0v) is 10.7. The number of ketones is 1. The molecular weight excluding hydrogens is 222 g/mol. The Kier molecular flexibility index (Phi) is 4.11. The van der Waals surface area contributed by atoms with Crippen LogP contribution in [0.3, 0.4) is 0 Å². The lowest BCUT2D eigenvalue weighted by Crippen LogP contribution is -2.35. The third-order valence-corrected chi connectivity index (χ3v) is 2.75. The van der Waals surface area contributed by atoms with Gasteiger partial charge in [0, 0.05) is 16.5 Å². The first-order valence-electron chi connectivity index (χ1n) is 5.34. The molecule has 88 valence electrons. The third-order valence-electron chi connectivity index (χ3n) is 2.49. The Morgan fingerprint density at radius 2 is 1.88 bits per heavy atom. The topological polar surface area (TPSA) is 43.1 Å². The average Bonchev–Trinajstić information content (AvgIpc) is 2.14. The minimum Gasteiger partial charge on any atom is -0.326 e. The van der Waals surface area contributed by atoms with Crippen molar-refractivity contribution in [2.45, 2.75) is 38.6 Å². The molecule has 3 heteroatoms. The Balaban J connectivity index is 2.94. The summed E-state index contributed by atoms with van der Waals surface area (Å²) in [7, 11) is 0. The number of rotatable bonds is 4. The van der Waals surface area contributed by atoms with Crippen molar-refractivity contribution < 1.29 is 4.79 Å². The highest BCUT2D eigenvalue weighted by atomic mass is 35.5. The van der Waals surface area contributed by atoms with E-state index in [1.165, 1.54) is 0 Å². The first-order chi connectivity index (χ1) is 7.29. The van der Waals surface area contributed by atoms with E-state index in [9.17, 15) is 4.79 Å². The molecule has 0 heterocycles. The average molecular weight is 240 g/mol. The van der Waals surface area contributed by atoms with E-state index >= 15 is 0 Å². The van der Waals surface area contributed by atoms with Crippen LogP contribution >= 0.6 is 11.6 Å². The molecule has 0 saturated carbocycles. The first-order valence-corrected chi connectivity index (χ1v) is 5.72. The summed E-state index contributed by atoms with van der Waals surface area (Å²) in [5.41, 5.74) is 6.59. The zero-order valence-electron chi connectivity index (χ0n) is 9.96. The van der Waals surface area contributed by atoms with Gasteiger partial charge in [-0.25, -0.2) is 0 Å². The number of carbonyl (C=O) groups is 1. The summed E-state index contributed by atoms with van der Waals surface area (Å²) in [4.78, 5) is 11.6. The van der Waals surface area contributed by atoms with Crippen molar-refractivity contribution in [1.29, 1.82) is 0 Å². The molecule has 0 aromatic heterocycles. The van der Waals surface area contributed by atoms with Crippen LogP contribution in [-0.4, -0.2) is 11.3 Å². The van der Waals surface area contributed by atoms with Gasteiger partial charge < -0.3 is 5.73 Å². The fourth-order valence-corrected chi connectivity index (χ4v) is 1.84. The van der Waals surface area contributed by atoms with E-state index in [0.29, 0.717) is 11.4 Å². The Labute approximate surface area is 102 Å². The lowest BCUT2D eigenvalue weighted by molar-refractivity contribution is -0.118. The fourth-order valence-electron chi connectivity index (χ4n) is 1.72. The van der Waals surface area contributed by atoms with Crippen LogP contribution < -0.4 is 5.73 Å². The van der Waals surface area contributed by atoms with Crippen LogP contribution in [0.15, 0.2) is 24.3 Å². The summed E-state index contributed by atoms with van der Waals surface area (Å²) in [6.45, 7) is 5.46. The predicted molar refractivity (Wildman–Crippen MR) is 67.8 cm³/mol. The Morgan fingerprint density at radius 1 is 1.38 bits per heavy atom. The number of hydrogen-bond donors (Lipinski definition) is 1. The molecule has 16 heavy (non-hydrogen) atoms. The SMILES string of the molecule is CC(=O)C(CC(C)(C)N)c1ccc(Cl)cc1. The highest BCUT2D eigenvalue weighted by Crippen LogP contribution is 2.26. The summed E-state index contributed by atoms with van der Waals surface area (Å²) in [6, 6.07) is 7.38. The molecule has 1 unspecified atom stereocenters. The van der Waals surface area contributed by atoms with Crippen LogP contribution in [0.5, 0.6) is 0 Å². The first kappa shape index (κ1) is 13.2. The number of halogens is 1. The van der Waals surface area contributed by atoms with Crippen LogP contribution in [0.1, 0.15) is 38.7 Å². The molecule has 0 fully saturated rings. The summed E-state index contributed by atoms with van der Waals surface area (Å²) in [6.07, 6.45) is 0.643. The molecule has 0 amide bonds. The minimum atomic E-state index is -0.351. The molecule has 2 nitrogen and oxygen atoms in total. The van der Waals surface area contributed by atoms with Gasteiger partial charge in [0.2, 0.25) is 0 Å². The van der Waals surface area contributed by atoms with E-state index in [4.69, 9.17) is 17.3 Å². The summed E-state index contributed by atoms with van der Waals surface area (Å²) >= 11 is 5.82. The number of benzene rings is 1. The number of nitrogens with two attached hydrogens (primary N) is 1. The standard InChI is InChI=1S/C13H18ClNO/c1-9(16)12(8-13(2,3)15)10-4-6-11(14)7-5-10/h4-7,12H,8,15H2,1-3H3. The molecule has 1 atom stereocenters. The van der Waals surface area contributed by atoms with Crippen LogP contribution in [0.4, 0.5) is 0 Å². The molecule has 0 saturated heterocycles. The maximum absolute atomic E-state index is 11.6. The lowest BCUT2D eigenvalue weighted by atomic mass is 9.84. The Bertz CT molecular complexity index is 365. The molecule has 0 aliphatic heterocycles. The van der Waals surface area contributed by atoms with E-state index in [-0.39, 0.29) is 17.2 Å². The van der Waals surface area contributed by atoms with Gasteiger partial charge in [-0.2, -0.15) is 0 Å². The second-order valence-corrected chi connectivity index (χ2v) is 5.34. The van der Waals surface area contributed by atoms with Gasteiger partial charge in [-0.05, 0) is 44.9 Å². The number of carbonyl (C=O) groups excluding carboxylic acids is 1. The maximum Gasteiger partial charge on any atom is 0.137 e. The Morgan fingerprint density at radius 3 is 2.25 bits per heavy atom. The molecule has 1 rings (SSSR count).